The van der Waals surface area contributed by atoms with Crippen molar-refractivity contribution in [3.05, 3.63) is 111 Å². The lowest BCUT2D eigenvalue weighted by Gasteiger charge is -2.13. The fraction of sp³-hybridized carbons (Fsp3) is 0.0357. The Labute approximate surface area is 220 Å². The fourth-order valence-electron chi connectivity index (χ4n) is 3.61. The summed E-state index contributed by atoms with van der Waals surface area (Å²) < 4.78 is 6.58. The molecule has 4 aromatic rings. The number of nitriles is 1. The number of halogens is 2. The molecule has 0 unspecified atom stereocenters. The first-order chi connectivity index (χ1) is 17.4. The number of nitrogens with zero attached hydrogens (tertiary/aromatic N) is 1. The number of benzene rings is 4. The highest BCUT2D eigenvalue weighted by molar-refractivity contribution is 9.10. The predicted octanol–water partition coefficient (Wildman–Crippen LogP) is 7.08. The molecule has 1 amide bonds. The van der Waals surface area contributed by atoms with Crippen LogP contribution in [0.25, 0.3) is 16.8 Å². The maximum atomic E-state index is 12.6. The van der Waals surface area contributed by atoms with E-state index in [0.29, 0.717) is 27.4 Å². The molecule has 0 aliphatic rings. The molecular weight excluding hydrogens is 544 g/mol. The molecule has 2 N–H and O–H groups in total. The van der Waals surface area contributed by atoms with Crippen LogP contribution in [0, 0.1) is 11.3 Å². The molecule has 36 heavy (non-hydrogen) atoms. The van der Waals surface area contributed by atoms with Gasteiger partial charge in [-0.3, -0.25) is 4.79 Å². The summed E-state index contributed by atoms with van der Waals surface area (Å²) >= 11 is 9.95. The van der Waals surface area contributed by atoms with Crippen LogP contribution in [0.5, 0.6) is 5.75 Å². The second-order valence-corrected chi connectivity index (χ2v) is 9.01. The number of carbonyl (C=O) groups excluding carboxylic acids is 1. The van der Waals surface area contributed by atoms with E-state index in [9.17, 15) is 14.9 Å². The van der Waals surface area contributed by atoms with E-state index in [-0.39, 0.29) is 16.8 Å². The largest absolute Gasteiger partial charge is 0.486 e. The maximum Gasteiger partial charge on any atom is 0.335 e. The van der Waals surface area contributed by atoms with Crippen molar-refractivity contribution in [2.75, 3.05) is 5.32 Å². The summed E-state index contributed by atoms with van der Waals surface area (Å²) in [6, 6.07) is 24.9. The Hall–Kier alpha value is -4.12. The SMILES string of the molecule is N#C/C(=C/c1cc(Cl)c(OCc2cccc3ccccc23)c(Br)c1)C(=O)Nc1cccc(C(=O)O)c1. The van der Waals surface area contributed by atoms with Gasteiger partial charge in [-0.15, -0.1) is 0 Å². The minimum Gasteiger partial charge on any atom is -0.486 e. The predicted molar refractivity (Wildman–Crippen MR) is 143 cm³/mol. The fourth-order valence-corrected chi connectivity index (χ4v) is 4.60. The van der Waals surface area contributed by atoms with E-state index >= 15 is 0 Å². The van der Waals surface area contributed by atoms with Crippen LogP contribution in [-0.2, 0) is 11.4 Å². The van der Waals surface area contributed by atoms with E-state index in [1.807, 2.05) is 48.5 Å². The average Bonchev–Trinajstić information content (AvgIpc) is 2.87. The van der Waals surface area contributed by atoms with Gasteiger partial charge in [0, 0.05) is 5.69 Å². The number of carboxylic acid groups (broad SMARTS) is 1. The standard InChI is InChI=1S/C28H18BrClN2O4/c29-24-12-17(11-21(15-31)27(33)32-22-9-4-7-19(14-22)28(34)35)13-25(30)26(24)36-16-20-8-3-6-18-5-1-2-10-23(18)20/h1-14H,16H2,(H,32,33)(H,34,35)/b21-11-. The number of rotatable bonds is 7. The minimum absolute atomic E-state index is 0.0186. The van der Waals surface area contributed by atoms with Crippen LogP contribution >= 0.6 is 27.5 Å². The van der Waals surface area contributed by atoms with Crippen LogP contribution in [0.3, 0.4) is 0 Å². The van der Waals surface area contributed by atoms with Crippen molar-refractivity contribution in [1.29, 1.82) is 5.26 Å². The minimum atomic E-state index is -1.12. The summed E-state index contributed by atoms with van der Waals surface area (Å²) in [7, 11) is 0. The highest BCUT2D eigenvalue weighted by Gasteiger charge is 2.14. The van der Waals surface area contributed by atoms with Crippen LogP contribution in [0.15, 0.2) is 88.9 Å². The van der Waals surface area contributed by atoms with Gasteiger partial charge in [0.1, 0.15) is 18.2 Å². The van der Waals surface area contributed by atoms with E-state index < -0.39 is 11.9 Å². The molecule has 0 aromatic heterocycles. The zero-order valence-electron chi connectivity index (χ0n) is 18.7. The molecule has 0 bridgehead atoms. The Morgan fingerprint density at radius 3 is 2.56 bits per heavy atom. The quantitative estimate of drug-likeness (QED) is 0.186. The van der Waals surface area contributed by atoms with Gasteiger partial charge in [-0.25, -0.2) is 4.79 Å². The van der Waals surface area contributed by atoms with Crippen molar-refractivity contribution in [2.24, 2.45) is 0 Å². The van der Waals surface area contributed by atoms with Crippen molar-refractivity contribution in [2.45, 2.75) is 6.61 Å². The molecule has 0 saturated carbocycles. The van der Waals surface area contributed by atoms with Gasteiger partial charge in [0.15, 0.2) is 5.75 Å². The zero-order chi connectivity index (χ0) is 25.7. The summed E-state index contributed by atoms with van der Waals surface area (Å²) in [5, 5.41) is 23.7. The Morgan fingerprint density at radius 2 is 1.81 bits per heavy atom. The lowest BCUT2D eigenvalue weighted by atomic mass is 10.1. The molecule has 0 atom stereocenters. The summed E-state index contributed by atoms with van der Waals surface area (Å²) in [6.45, 7) is 0.302. The Morgan fingerprint density at radius 1 is 1.06 bits per heavy atom. The van der Waals surface area contributed by atoms with Crippen molar-refractivity contribution < 1.29 is 19.4 Å². The van der Waals surface area contributed by atoms with Crippen molar-refractivity contribution >= 4 is 61.9 Å². The summed E-state index contributed by atoms with van der Waals surface area (Å²) in [5.74, 6) is -1.36. The third kappa shape index (κ3) is 5.74. The molecule has 4 rings (SSSR count). The lowest BCUT2D eigenvalue weighted by molar-refractivity contribution is -0.112. The van der Waals surface area contributed by atoms with Gasteiger partial charge in [0.05, 0.1) is 15.1 Å². The van der Waals surface area contributed by atoms with Gasteiger partial charge in [0.2, 0.25) is 0 Å². The second-order valence-electron chi connectivity index (χ2n) is 7.75. The van der Waals surface area contributed by atoms with E-state index in [1.165, 1.54) is 30.3 Å². The van der Waals surface area contributed by atoms with Gasteiger partial charge in [0.25, 0.3) is 5.91 Å². The highest BCUT2D eigenvalue weighted by Crippen LogP contribution is 2.36. The molecule has 0 radical (unpaired) electrons. The Balaban J connectivity index is 1.53. The summed E-state index contributed by atoms with van der Waals surface area (Å²) in [4.78, 5) is 23.8. The molecule has 0 fully saturated rings. The number of nitrogens with one attached hydrogen (secondary N) is 1. The highest BCUT2D eigenvalue weighted by atomic mass is 79.9. The molecule has 0 aliphatic carbocycles. The van der Waals surface area contributed by atoms with Gasteiger partial charge >= 0.3 is 5.97 Å². The third-order valence-electron chi connectivity index (χ3n) is 5.32. The molecule has 0 aliphatic heterocycles. The molecule has 4 aromatic carbocycles. The number of fused-ring (bicyclic) bond motifs is 1. The number of hydrogen-bond acceptors (Lipinski definition) is 4. The molecule has 0 spiro atoms. The summed E-state index contributed by atoms with van der Waals surface area (Å²) in [5.41, 5.74) is 1.62. The number of anilines is 1. The molecule has 0 heterocycles. The number of hydrogen-bond donors (Lipinski definition) is 2. The van der Waals surface area contributed by atoms with Gasteiger partial charge in [-0.2, -0.15) is 5.26 Å². The molecule has 8 heteroatoms. The van der Waals surface area contributed by atoms with Crippen LogP contribution in [-0.4, -0.2) is 17.0 Å². The van der Waals surface area contributed by atoms with E-state index in [2.05, 4.69) is 21.2 Å². The first kappa shape index (κ1) is 25.0. The van der Waals surface area contributed by atoms with E-state index in [1.54, 1.807) is 12.1 Å². The third-order valence-corrected chi connectivity index (χ3v) is 6.19. The zero-order valence-corrected chi connectivity index (χ0v) is 21.0. The van der Waals surface area contributed by atoms with Gasteiger partial charge < -0.3 is 15.2 Å². The molecular formula is C28H18BrClN2O4. The number of aromatic carboxylic acids is 1. The van der Waals surface area contributed by atoms with Gasteiger partial charge in [-0.05, 0) is 74.2 Å². The summed E-state index contributed by atoms with van der Waals surface area (Å²) in [6.07, 6.45) is 1.39. The Kier molecular flexibility index (Phi) is 7.69. The number of carbonyl (C=O) groups is 2. The first-order valence-electron chi connectivity index (χ1n) is 10.7. The van der Waals surface area contributed by atoms with Gasteiger partial charge in [-0.1, -0.05) is 60.1 Å². The van der Waals surface area contributed by atoms with Crippen molar-refractivity contribution in [3.8, 4) is 11.8 Å². The van der Waals surface area contributed by atoms with E-state index in [0.717, 1.165) is 16.3 Å². The smallest absolute Gasteiger partial charge is 0.335 e. The van der Waals surface area contributed by atoms with Crippen LogP contribution in [0.4, 0.5) is 5.69 Å². The normalized spacial score (nSPS) is 11.1. The lowest BCUT2D eigenvalue weighted by Crippen LogP contribution is -2.14. The number of carboxylic acids is 1. The van der Waals surface area contributed by atoms with Crippen LogP contribution < -0.4 is 10.1 Å². The number of ether oxygens (including phenoxy) is 1. The van der Waals surface area contributed by atoms with E-state index in [4.69, 9.17) is 21.4 Å². The van der Waals surface area contributed by atoms with Crippen LogP contribution in [0.2, 0.25) is 5.02 Å². The molecule has 178 valence electrons. The van der Waals surface area contributed by atoms with Crippen molar-refractivity contribution in [3.63, 3.8) is 0 Å². The maximum absolute atomic E-state index is 12.6. The second kappa shape index (κ2) is 11.1. The van der Waals surface area contributed by atoms with Crippen LogP contribution in [0.1, 0.15) is 21.5 Å². The first-order valence-corrected chi connectivity index (χ1v) is 11.9. The monoisotopic (exact) mass is 560 g/mol. The molecule has 0 saturated heterocycles. The van der Waals surface area contributed by atoms with Crippen molar-refractivity contribution in [1.82, 2.24) is 0 Å². The average molecular weight is 562 g/mol. The topological polar surface area (TPSA) is 99.4 Å². The molecule has 6 nitrogen and oxygen atoms in total. The number of amides is 1. The Bertz CT molecular complexity index is 1530.